The fourth-order valence-corrected chi connectivity index (χ4v) is 1.28. The summed E-state index contributed by atoms with van der Waals surface area (Å²) in [5.41, 5.74) is 0.958. The van der Waals surface area contributed by atoms with Gasteiger partial charge < -0.3 is 4.74 Å². The summed E-state index contributed by atoms with van der Waals surface area (Å²) in [6, 6.07) is 6.18. The number of carbonyl (C=O) groups excluding carboxylic acids is 1. The second kappa shape index (κ2) is 4.74. The standard InChI is InChI=1S/C11H13FO2/c1-8(14-9(2)13)7-10-3-5-11(12)6-4-10/h3-6,8H,7H2,1-2H3. The minimum Gasteiger partial charge on any atom is -0.463 e. The molecule has 1 atom stereocenters. The summed E-state index contributed by atoms with van der Waals surface area (Å²) < 4.78 is 17.5. The van der Waals surface area contributed by atoms with Gasteiger partial charge in [-0.05, 0) is 24.6 Å². The number of hydrogen-bond acceptors (Lipinski definition) is 2. The van der Waals surface area contributed by atoms with Crippen LogP contribution in [0.2, 0.25) is 0 Å². The maximum atomic E-state index is 12.5. The number of halogens is 1. The summed E-state index contributed by atoms with van der Waals surface area (Å²) in [6.07, 6.45) is 0.442. The van der Waals surface area contributed by atoms with E-state index in [4.69, 9.17) is 4.74 Å². The summed E-state index contributed by atoms with van der Waals surface area (Å²) in [6.45, 7) is 3.19. The highest BCUT2D eigenvalue weighted by molar-refractivity contribution is 5.66. The molecule has 0 saturated heterocycles. The zero-order valence-electron chi connectivity index (χ0n) is 8.29. The number of carbonyl (C=O) groups is 1. The highest BCUT2D eigenvalue weighted by atomic mass is 19.1. The van der Waals surface area contributed by atoms with E-state index in [1.54, 1.807) is 12.1 Å². The van der Waals surface area contributed by atoms with E-state index in [-0.39, 0.29) is 17.9 Å². The van der Waals surface area contributed by atoms with Crippen LogP contribution in [0.5, 0.6) is 0 Å². The van der Waals surface area contributed by atoms with Crippen molar-refractivity contribution < 1.29 is 13.9 Å². The third-order valence-corrected chi connectivity index (χ3v) is 1.80. The van der Waals surface area contributed by atoms with Gasteiger partial charge in [0, 0.05) is 13.3 Å². The van der Waals surface area contributed by atoms with Crippen molar-refractivity contribution in [2.75, 3.05) is 0 Å². The predicted octanol–water partition coefficient (Wildman–Crippen LogP) is 2.32. The molecule has 3 heteroatoms. The Kier molecular flexibility index (Phi) is 3.63. The van der Waals surface area contributed by atoms with E-state index in [2.05, 4.69) is 0 Å². The van der Waals surface area contributed by atoms with Gasteiger partial charge in [0.2, 0.25) is 0 Å². The summed E-state index contributed by atoms with van der Waals surface area (Å²) in [5, 5.41) is 0. The highest BCUT2D eigenvalue weighted by Crippen LogP contribution is 2.07. The average molecular weight is 196 g/mol. The van der Waals surface area contributed by atoms with Crippen molar-refractivity contribution >= 4 is 5.97 Å². The smallest absolute Gasteiger partial charge is 0.302 e. The van der Waals surface area contributed by atoms with Crippen LogP contribution in [0, 0.1) is 5.82 Å². The van der Waals surface area contributed by atoms with Gasteiger partial charge in [-0.15, -0.1) is 0 Å². The normalized spacial score (nSPS) is 12.2. The van der Waals surface area contributed by atoms with Crippen LogP contribution in [0.25, 0.3) is 0 Å². The average Bonchev–Trinajstić information content (AvgIpc) is 2.07. The summed E-state index contributed by atoms with van der Waals surface area (Å²) >= 11 is 0. The molecule has 0 fully saturated rings. The lowest BCUT2D eigenvalue weighted by Crippen LogP contribution is -2.14. The van der Waals surface area contributed by atoms with Crippen LogP contribution in [0.4, 0.5) is 4.39 Å². The zero-order valence-corrected chi connectivity index (χ0v) is 8.29. The largest absolute Gasteiger partial charge is 0.463 e. The zero-order chi connectivity index (χ0) is 10.6. The van der Waals surface area contributed by atoms with Gasteiger partial charge in [-0.2, -0.15) is 0 Å². The number of hydrogen-bond donors (Lipinski definition) is 0. The highest BCUT2D eigenvalue weighted by Gasteiger charge is 2.06. The Balaban J connectivity index is 2.51. The van der Waals surface area contributed by atoms with Gasteiger partial charge in [0.1, 0.15) is 11.9 Å². The molecule has 0 amide bonds. The molecule has 0 aliphatic heterocycles. The Morgan fingerprint density at radius 3 is 2.50 bits per heavy atom. The second-order valence-electron chi connectivity index (χ2n) is 3.25. The molecular weight excluding hydrogens is 183 g/mol. The van der Waals surface area contributed by atoms with E-state index in [0.29, 0.717) is 6.42 Å². The van der Waals surface area contributed by atoms with E-state index in [1.165, 1.54) is 19.1 Å². The number of esters is 1. The summed E-state index contributed by atoms with van der Waals surface area (Å²) in [4.78, 5) is 10.6. The predicted molar refractivity (Wildman–Crippen MR) is 51.3 cm³/mol. The van der Waals surface area contributed by atoms with Crippen LogP contribution in [0.3, 0.4) is 0 Å². The second-order valence-corrected chi connectivity index (χ2v) is 3.25. The molecule has 0 aliphatic rings. The third kappa shape index (κ3) is 3.56. The number of benzene rings is 1. The molecule has 1 aromatic rings. The van der Waals surface area contributed by atoms with Gasteiger partial charge in [0.05, 0.1) is 0 Å². The van der Waals surface area contributed by atoms with E-state index in [0.717, 1.165) is 5.56 Å². The molecule has 0 radical (unpaired) electrons. The molecule has 0 N–H and O–H groups in total. The van der Waals surface area contributed by atoms with E-state index in [9.17, 15) is 9.18 Å². The lowest BCUT2D eigenvalue weighted by molar-refractivity contribution is -0.145. The SMILES string of the molecule is CC(=O)OC(C)Cc1ccc(F)cc1. The lowest BCUT2D eigenvalue weighted by Gasteiger charge is -2.11. The molecule has 0 bridgehead atoms. The maximum Gasteiger partial charge on any atom is 0.302 e. The van der Waals surface area contributed by atoms with Crippen molar-refractivity contribution in [3.8, 4) is 0 Å². The molecule has 1 rings (SSSR count). The first-order valence-corrected chi connectivity index (χ1v) is 4.49. The monoisotopic (exact) mass is 196 g/mol. The van der Waals surface area contributed by atoms with Gasteiger partial charge in [-0.1, -0.05) is 12.1 Å². The molecule has 0 spiro atoms. The molecule has 1 aromatic carbocycles. The van der Waals surface area contributed by atoms with Gasteiger partial charge in [0.25, 0.3) is 0 Å². The van der Waals surface area contributed by atoms with E-state index in [1.807, 2.05) is 6.92 Å². The fourth-order valence-electron chi connectivity index (χ4n) is 1.28. The quantitative estimate of drug-likeness (QED) is 0.693. The molecule has 2 nitrogen and oxygen atoms in total. The maximum absolute atomic E-state index is 12.5. The first kappa shape index (κ1) is 10.7. The Morgan fingerprint density at radius 2 is 2.00 bits per heavy atom. The molecule has 76 valence electrons. The van der Waals surface area contributed by atoms with Crippen molar-refractivity contribution in [3.63, 3.8) is 0 Å². The van der Waals surface area contributed by atoms with Crippen molar-refractivity contribution in [2.45, 2.75) is 26.4 Å². The van der Waals surface area contributed by atoms with Crippen LogP contribution in [0.1, 0.15) is 19.4 Å². The lowest BCUT2D eigenvalue weighted by atomic mass is 10.1. The Bertz CT molecular complexity index is 306. The third-order valence-electron chi connectivity index (χ3n) is 1.80. The van der Waals surface area contributed by atoms with Crippen LogP contribution in [0.15, 0.2) is 24.3 Å². The van der Waals surface area contributed by atoms with E-state index < -0.39 is 0 Å². The first-order chi connectivity index (χ1) is 6.58. The van der Waals surface area contributed by atoms with Crippen molar-refractivity contribution in [3.05, 3.63) is 35.6 Å². The topological polar surface area (TPSA) is 26.3 Å². The van der Waals surface area contributed by atoms with Gasteiger partial charge >= 0.3 is 5.97 Å². The molecule has 0 aliphatic carbocycles. The minimum absolute atomic E-state index is 0.169. The summed E-state index contributed by atoms with van der Waals surface area (Å²) in [5.74, 6) is -0.548. The van der Waals surface area contributed by atoms with Crippen LogP contribution < -0.4 is 0 Å². The molecule has 0 saturated carbocycles. The molecule has 14 heavy (non-hydrogen) atoms. The number of ether oxygens (including phenoxy) is 1. The number of rotatable bonds is 3. The van der Waals surface area contributed by atoms with Crippen LogP contribution >= 0.6 is 0 Å². The Hall–Kier alpha value is -1.38. The van der Waals surface area contributed by atoms with Gasteiger partial charge in [-0.3, -0.25) is 4.79 Å². The van der Waals surface area contributed by atoms with Gasteiger partial charge in [-0.25, -0.2) is 4.39 Å². The fraction of sp³-hybridized carbons (Fsp3) is 0.364. The van der Waals surface area contributed by atoms with Crippen molar-refractivity contribution in [1.29, 1.82) is 0 Å². The minimum atomic E-state index is -0.292. The molecule has 0 aromatic heterocycles. The van der Waals surface area contributed by atoms with Gasteiger partial charge in [0.15, 0.2) is 0 Å². The molecular formula is C11H13FO2. The first-order valence-electron chi connectivity index (χ1n) is 4.49. The molecule has 1 unspecified atom stereocenters. The van der Waals surface area contributed by atoms with Crippen molar-refractivity contribution in [2.24, 2.45) is 0 Å². The van der Waals surface area contributed by atoms with Crippen LogP contribution in [-0.4, -0.2) is 12.1 Å². The molecule has 0 heterocycles. The Labute approximate surface area is 82.7 Å². The van der Waals surface area contributed by atoms with Crippen LogP contribution in [-0.2, 0) is 16.0 Å². The Morgan fingerprint density at radius 1 is 1.43 bits per heavy atom. The van der Waals surface area contributed by atoms with Crippen molar-refractivity contribution in [1.82, 2.24) is 0 Å². The van der Waals surface area contributed by atoms with E-state index >= 15 is 0 Å². The summed E-state index contributed by atoms with van der Waals surface area (Å²) in [7, 11) is 0.